The predicted octanol–water partition coefficient (Wildman–Crippen LogP) is 2.95. The highest BCUT2D eigenvalue weighted by atomic mass is 16.2. The first-order valence-electron chi connectivity index (χ1n) is 7.22. The summed E-state index contributed by atoms with van der Waals surface area (Å²) in [6.45, 7) is 0.269. The molecule has 3 rings (SSSR count). The maximum atomic E-state index is 12.2. The first-order valence-corrected chi connectivity index (χ1v) is 7.22. The summed E-state index contributed by atoms with van der Waals surface area (Å²) >= 11 is 0. The predicted molar refractivity (Wildman–Crippen MR) is 81.8 cm³/mol. The van der Waals surface area contributed by atoms with Gasteiger partial charge in [0.25, 0.3) is 11.8 Å². The van der Waals surface area contributed by atoms with E-state index in [1.54, 1.807) is 36.4 Å². The largest absolute Gasteiger partial charge is 0.294 e. The number of amides is 2. The quantitative estimate of drug-likeness (QED) is 0.629. The Hall–Kier alpha value is -2.75. The zero-order valence-electron chi connectivity index (χ0n) is 12.0. The number of carbonyl (C=O) groups is 3. The summed E-state index contributed by atoms with van der Waals surface area (Å²) in [5, 5.41) is 0. The van der Waals surface area contributed by atoms with Gasteiger partial charge in [0.1, 0.15) is 0 Å². The van der Waals surface area contributed by atoms with Crippen LogP contribution in [0.2, 0.25) is 0 Å². The van der Waals surface area contributed by atoms with Crippen LogP contribution in [-0.4, -0.2) is 29.0 Å². The van der Waals surface area contributed by atoms with Crippen LogP contribution in [-0.2, 0) is 0 Å². The lowest BCUT2D eigenvalue weighted by Gasteiger charge is -2.13. The minimum absolute atomic E-state index is 0.0252. The molecule has 0 aromatic heterocycles. The Bertz CT molecular complexity index is 702. The second-order valence-electron chi connectivity index (χ2n) is 5.20. The molecule has 0 saturated heterocycles. The van der Waals surface area contributed by atoms with E-state index in [0.29, 0.717) is 29.5 Å². The molecule has 4 heteroatoms. The van der Waals surface area contributed by atoms with Gasteiger partial charge in [0.05, 0.1) is 11.1 Å². The van der Waals surface area contributed by atoms with Crippen molar-refractivity contribution >= 4 is 17.6 Å². The monoisotopic (exact) mass is 293 g/mol. The van der Waals surface area contributed by atoms with E-state index >= 15 is 0 Å². The van der Waals surface area contributed by atoms with Gasteiger partial charge in [-0.25, -0.2) is 0 Å². The van der Waals surface area contributed by atoms with Crippen molar-refractivity contribution in [2.24, 2.45) is 0 Å². The van der Waals surface area contributed by atoms with Crippen LogP contribution in [0, 0.1) is 0 Å². The van der Waals surface area contributed by atoms with Gasteiger partial charge in [-0.15, -0.1) is 0 Å². The topological polar surface area (TPSA) is 54.5 Å². The van der Waals surface area contributed by atoms with Gasteiger partial charge in [0, 0.05) is 18.5 Å². The van der Waals surface area contributed by atoms with Crippen molar-refractivity contribution in [2.75, 3.05) is 6.54 Å². The number of hydrogen-bond acceptors (Lipinski definition) is 3. The van der Waals surface area contributed by atoms with Gasteiger partial charge in [-0.1, -0.05) is 42.5 Å². The minimum atomic E-state index is -0.271. The molecular weight excluding hydrogens is 278 g/mol. The number of nitrogens with zero attached hydrogens (tertiary/aromatic N) is 1. The molecule has 0 saturated carbocycles. The third kappa shape index (κ3) is 2.55. The van der Waals surface area contributed by atoms with Crippen LogP contribution in [0.25, 0.3) is 0 Å². The van der Waals surface area contributed by atoms with Crippen LogP contribution in [0.5, 0.6) is 0 Å². The van der Waals surface area contributed by atoms with Gasteiger partial charge >= 0.3 is 0 Å². The first-order chi connectivity index (χ1) is 10.7. The zero-order chi connectivity index (χ0) is 15.5. The highest BCUT2D eigenvalue weighted by Crippen LogP contribution is 2.22. The Balaban J connectivity index is 1.61. The second kappa shape index (κ2) is 5.93. The third-order valence-corrected chi connectivity index (χ3v) is 3.76. The fraction of sp³-hybridized carbons (Fsp3) is 0.167. The molecular formula is C18H15NO3. The molecule has 0 aliphatic carbocycles. The molecule has 110 valence electrons. The Morgan fingerprint density at radius 1 is 0.818 bits per heavy atom. The van der Waals surface area contributed by atoms with Crippen LogP contribution in [0.4, 0.5) is 0 Å². The Morgan fingerprint density at radius 2 is 1.36 bits per heavy atom. The van der Waals surface area contributed by atoms with Gasteiger partial charge in [-0.05, 0) is 18.6 Å². The van der Waals surface area contributed by atoms with Crippen LogP contribution in [0.3, 0.4) is 0 Å². The fourth-order valence-electron chi connectivity index (χ4n) is 2.61. The highest BCUT2D eigenvalue weighted by Gasteiger charge is 2.34. The van der Waals surface area contributed by atoms with E-state index < -0.39 is 0 Å². The van der Waals surface area contributed by atoms with E-state index in [-0.39, 0.29) is 24.1 Å². The van der Waals surface area contributed by atoms with E-state index in [4.69, 9.17) is 0 Å². The smallest absolute Gasteiger partial charge is 0.261 e. The molecule has 0 radical (unpaired) electrons. The lowest BCUT2D eigenvalue weighted by Crippen LogP contribution is -2.31. The summed E-state index contributed by atoms with van der Waals surface area (Å²) in [5.74, 6) is -0.516. The van der Waals surface area contributed by atoms with Crippen LogP contribution >= 0.6 is 0 Å². The van der Waals surface area contributed by atoms with Crippen molar-refractivity contribution in [2.45, 2.75) is 12.8 Å². The number of imide groups is 1. The zero-order valence-corrected chi connectivity index (χ0v) is 12.0. The van der Waals surface area contributed by atoms with E-state index in [2.05, 4.69) is 0 Å². The number of benzene rings is 2. The molecule has 2 amide bonds. The molecule has 0 unspecified atom stereocenters. The average molecular weight is 293 g/mol. The SMILES string of the molecule is O=C(CCCN1C(=O)c2ccccc2C1=O)c1ccccc1. The van der Waals surface area contributed by atoms with Crippen LogP contribution in [0.15, 0.2) is 54.6 Å². The number of rotatable bonds is 5. The summed E-state index contributed by atoms with van der Waals surface area (Å²) in [6, 6.07) is 15.8. The Morgan fingerprint density at radius 3 is 1.95 bits per heavy atom. The Kier molecular flexibility index (Phi) is 3.83. The van der Waals surface area contributed by atoms with Gasteiger partial charge < -0.3 is 0 Å². The van der Waals surface area contributed by atoms with Crippen molar-refractivity contribution in [3.8, 4) is 0 Å². The molecule has 0 spiro atoms. The molecule has 0 fully saturated rings. The standard InChI is InChI=1S/C18H15NO3/c20-16(13-7-2-1-3-8-13)11-6-12-19-17(21)14-9-4-5-10-15(14)18(19)22/h1-5,7-10H,6,11-12H2. The summed E-state index contributed by atoms with van der Waals surface area (Å²) in [5.41, 5.74) is 1.55. The number of carbonyl (C=O) groups excluding carboxylic acids is 3. The summed E-state index contributed by atoms with van der Waals surface area (Å²) in [7, 11) is 0. The summed E-state index contributed by atoms with van der Waals surface area (Å²) in [4.78, 5) is 37.6. The van der Waals surface area contributed by atoms with Crippen molar-refractivity contribution in [3.63, 3.8) is 0 Å². The van der Waals surface area contributed by atoms with Crippen molar-refractivity contribution in [1.29, 1.82) is 0 Å². The molecule has 0 N–H and O–H groups in total. The summed E-state index contributed by atoms with van der Waals surface area (Å²) in [6.07, 6.45) is 0.788. The number of hydrogen-bond donors (Lipinski definition) is 0. The van der Waals surface area contributed by atoms with Crippen molar-refractivity contribution in [1.82, 2.24) is 4.90 Å². The maximum Gasteiger partial charge on any atom is 0.261 e. The molecule has 1 aliphatic heterocycles. The third-order valence-electron chi connectivity index (χ3n) is 3.76. The minimum Gasteiger partial charge on any atom is -0.294 e. The summed E-state index contributed by atoms with van der Waals surface area (Å²) < 4.78 is 0. The highest BCUT2D eigenvalue weighted by molar-refractivity contribution is 6.21. The van der Waals surface area contributed by atoms with Crippen molar-refractivity contribution in [3.05, 3.63) is 71.3 Å². The van der Waals surface area contributed by atoms with Crippen LogP contribution in [0.1, 0.15) is 43.9 Å². The molecule has 2 aromatic rings. The maximum absolute atomic E-state index is 12.2. The van der Waals surface area contributed by atoms with Gasteiger partial charge in [0.15, 0.2) is 5.78 Å². The Labute approximate surface area is 128 Å². The normalized spacial score (nSPS) is 13.4. The number of Topliss-reactive ketones (excluding diaryl/α,β-unsaturated/α-hetero) is 1. The average Bonchev–Trinajstić information content (AvgIpc) is 2.81. The van der Waals surface area contributed by atoms with Gasteiger partial charge in [0.2, 0.25) is 0 Å². The molecule has 0 bridgehead atoms. The second-order valence-corrected chi connectivity index (χ2v) is 5.20. The number of fused-ring (bicyclic) bond motifs is 1. The molecule has 2 aromatic carbocycles. The lowest BCUT2D eigenvalue weighted by molar-refractivity contribution is 0.0647. The van der Waals surface area contributed by atoms with E-state index in [9.17, 15) is 14.4 Å². The molecule has 4 nitrogen and oxygen atoms in total. The van der Waals surface area contributed by atoms with Gasteiger partial charge in [-0.2, -0.15) is 0 Å². The van der Waals surface area contributed by atoms with Gasteiger partial charge in [-0.3, -0.25) is 19.3 Å². The van der Waals surface area contributed by atoms with Crippen molar-refractivity contribution < 1.29 is 14.4 Å². The first kappa shape index (κ1) is 14.2. The molecule has 1 aliphatic rings. The lowest BCUT2D eigenvalue weighted by atomic mass is 10.1. The fourth-order valence-corrected chi connectivity index (χ4v) is 2.61. The molecule has 22 heavy (non-hydrogen) atoms. The van der Waals surface area contributed by atoms with E-state index in [1.807, 2.05) is 18.2 Å². The number of ketones is 1. The van der Waals surface area contributed by atoms with E-state index in [1.165, 1.54) is 4.90 Å². The molecule has 1 heterocycles. The molecule has 0 atom stereocenters. The van der Waals surface area contributed by atoms with Crippen LogP contribution < -0.4 is 0 Å². The van der Waals surface area contributed by atoms with E-state index in [0.717, 1.165) is 0 Å².